The van der Waals surface area contributed by atoms with Crippen molar-refractivity contribution < 1.29 is 8.83 Å². The van der Waals surface area contributed by atoms with Gasteiger partial charge in [0, 0.05) is 58.8 Å². The maximum absolute atomic E-state index is 6.61. The van der Waals surface area contributed by atoms with Gasteiger partial charge < -0.3 is 13.7 Å². The Bertz CT molecular complexity index is 2730. The monoisotopic (exact) mass is 581 g/mol. The van der Waals surface area contributed by atoms with E-state index in [0.29, 0.717) is 0 Å². The van der Waals surface area contributed by atoms with Crippen LogP contribution in [0.5, 0.6) is 0 Å². The number of thiophene rings is 1. The quantitative estimate of drug-likeness (QED) is 0.208. The van der Waals surface area contributed by atoms with Gasteiger partial charge in [-0.15, -0.1) is 11.3 Å². The van der Waals surface area contributed by atoms with Gasteiger partial charge in [-0.25, -0.2) is 0 Å². The Balaban J connectivity index is 1.20. The van der Waals surface area contributed by atoms with E-state index in [9.17, 15) is 0 Å². The van der Waals surface area contributed by atoms with Crippen LogP contribution in [0, 0.1) is 0 Å². The summed E-state index contributed by atoms with van der Waals surface area (Å²) in [6, 6.07) is 49.4. The Morgan fingerprint density at radius 1 is 0.409 bits per heavy atom. The fourth-order valence-corrected chi connectivity index (χ4v) is 8.01. The zero-order valence-corrected chi connectivity index (χ0v) is 24.3. The van der Waals surface area contributed by atoms with Crippen LogP contribution in [0.1, 0.15) is 0 Å². The highest BCUT2D eigenvalue weighted by molar-refractivity contribution is 7.26. The third kappa shape index (κ3) is 3.37. The van der Waals surface area contributed by atoms with Crippen LogP contribution in [0.2, 0.25) is 0 Å². The van der Waals surface area contributed by atoms with E-state index >= 15 is 0 Å². The summed E-state index contributed by atoms with van der Waals surface area (Å²) in [4.78, 5) is 2.33. The van der Waals surface area contributed by atoms with Crippen LogP contribution >= 0.6 is 11.3 Å². The van der Waals surface area contributed by atoms with Crippen molar-refractivity contribution in [3.63, 3.8) is 0 Å². The van der Waals surface area contributed by atoms with E-state index in [4.69, 9.17) is 8.83 Å². The molecule has 7 aromatic carbocycles. The number of hydrogen-bond acceptors (Lipinski definition) is 4. The van der Waals surface area contributed by atoms with Gasteiger partial charge in [0.2, 0.25) is 0 Å². The van der Waals surface area contributed by atoms with Crippen LogP contribution in [0.4, 0.5) is 17.1 Å². The maximum Gasteiger partial charge on any atom is 0.144 e. The summed E-state index contributed by atoms with van der Waals surface area (Å²) >= 11 is 1.82. The Morgan fingerprint density at radius 3 is 2.07 bits per heavy atom. The van der Waals surface area contributed by atoms with E-state index in [2.05, 4.69) is 132 Å². The highest BCUT2D eigenvalue weighted by atomic mass is 32.1. The van der Waals surface area contributed by atoms with E-state index in [1.165, 1.54) is 41.7 Å². The SMILES string of the molecule is c1ccc(N(c2ccc3c(c2)sc2ccc4c(oc5ccc6ccccc6c54)c23)c2ccc3oc4ccccc4c3c2)cc1. The van der Waals surface area contributed by atoms with E-state index in [-0.39, 0.29) is 0 Å². The molecule has 0 saturated heterocycles. The second-order valence-corrected chi connectivity index (χ2v) is 12.4. The molecule has 44 heavy (non-hydrogen) atoms. The lowest BCUT2D eigenvalue weighted by Gasteiger charge is -2.25. The average Bonchev–Trinajstić information content (AvgIpc) is 3.76. The highest BCUT2D eigenvalue weighted by Crippen LogP contribution is 2.46. The number of fused-ring (bicyclic) bond motifs is 12. The molecule has 0 bridgehead atoms. The summed E-state index contributed by atoms with van der Waals surface area (Å²) in [6.07, 6.45) is 0. The molecule has 0 aliphatic rings. The Morgan fingerprint density at radius 2 is 1.14 bits per heavy atom. The van der Waals surface area contributed by atoms with Crippen LogP contribution in [-0.2, 0) is 0 Å². The highest BCUT2D eigenvalue weighted by Gasteiger charge is 2.19. The molecule has 3 nitrogen and oxygen atoms in total. The smallest absolute Gasteiger partial charge is 0.144 e. The van der Waals surface area contributed by atoms with Gasteiger partial charge in [0.05, 0.1) is 0 Å². The van der Waals surface area contributed by atoms with Crippen molar-refractivity contribution in [2.45, 2.75) is 0 Å². The molecule has 3 heterocycles. The summed E-state index contributed by atoms with van der Waals surface area (Å²) in [5.74, 6) is 0. The zero-order chi connectivity index (χ0) is 28.8. The van der Waals surface area contributed by atoms with Gasteiger partial charge in [-0.2, -0.15) is 0 Å². The second kappa shape index (κ2) is 8.96. The minimum atomic E-state index is 0.894. The average molecular weight is 582 g/mol. The molecular formula is C40H23NO2S. The predicted molar refractivity (Wildman–Crippen MR) is 186 cm³/mol. The number of hydrogen-bond donors (Lipinski definition) is 0. The van der Waals surface area contributed by atoms with Crippen molar-refractivity contribution in [2.75, 3.05) is 4.90 Å². The van der Waals surface area contributed by atoms with Crippen molar-refractivity contribution in [1.82, 2.24) is 0 Å². The van der Waals surface area contributed by atoms with Gasteiger partial charge in [0.15, 0.2) is 0 Å². The molecule has 206 valence electrons. The molecule has 0 aliphatic carbocycles. The summed E-state index contributed by atoms with van der Waals surface area (Å²) < 4.78 is 15.2. The van der Waals surface area contributed by atoms with Gasteiger partial charge in [0.25, 0.3) is 0 Å². The van der Waals surface area contributed by atoms with Crippen LogP contribution in [0.25, 0.3) is 74.8 Å². The number of rotatable bonds is 3. The third-order valence-electron chi connectivity index (χ3n) is 8.84. The van der Waals surface area contributed by atoms with Crippen LogP contribution in [-0.4, -0.2) is 0 Å². The Kier molecular flexibility index (Phi) is 4.87. The van der Waals surface area contributed by atoms with E-state index in [1.54, 1.807) is 0 Å². The van der Waals surface area contributed by atoms with Crippen LogP contribution < -0.4 is 4.90 Å². The summed E-state index contributed by atoms with van der Waals surface area (Å²) in [7, 11) is 0. The minimum absolute atomic E-state index is 0.894. The molecule has 0 radical (unpaired) electrons. The minimum Gasteiger partial charge on any atom is -0.456 e. The van der Waals surface area contributed by atoms with E-state index < -0.39 is 0 Å². The molecule has 0 N–H and O–H groups in total. The molecule has 3 aromatic heterocycles. The standard InChI is InChI=1S/C40H23NO2S/c1-2-9-25(10-3-1)41(26-16-20-34-32(22-26)29-12-6-7-13-33(29)42-34)27-15-17-30-37(23-27)44-36-21-18-31-38-28-11-5-4-8-24(28)14-19-35(38)43-40(31)39(30)36/h1-23H. The normalized spacial score (nSPS) is 12.1. The molecule has 0 saturated carbocycles. The van der Waals surface area contributed by atoms with Gasteiger partial charge in [-0.3, -0.25) is 0 Å². The van der Waals surface area contributed by atoms with Crippen LogP contribution in [0.15, 0.2) is 148 Å². The molecule has 0 unspecified atom stereocenters. The Labute approximate surface area is 255 Å². The van der Waals surface area contributed by atoms with E-state index in [1.807, 2.05) is 23.5 Å². The topological polar surface area (TPSA) is 29.5 Å². The van der Waals surface area contributed by atoms with Crippen molar-refractivity contribution in [3.05, 3.63) is 140 Å². The molecule has 10 aromatic rings. The van der Waals surface area contributed by atoms with Crippen molar-refractivity contribution in [1.29, 1.82) is 0 Å². The molecular weight excluding hydrogens is 559 g/mol. The summed E-state index contributed by atoms with van der Waals surface area (Å²) in [5, 5.41) is 9.45. The number of furan rings is 2. The molecule has 0 spiro atoms. The predicted octanol–water partition coefficient (Wildman–Crippen LogP) is 12.5. The summed E-state index contributed by atoms with van der Waals surface area (Å²) in [6.45, 7) is 0. The number of anilines is 3. The first-order chi connectivity index (χ1) is 21.8. The van der Waals surface area contributed by atoms with Crippen molar-refractivity contribution in [3.8, 4) is 0 Å². The second-order valence-electron chi connectivity index (χ2n) is 11.3. The van der Waals surface area contributed by atoms with Crippen molar-refractivity contribution in [2.24, 2.45) is 0 Å². The van der Waals surface area contributed by atoms with Crippen molar-refractivity contribution >= 4 is 103 Å². The molecule has 0 amide bonds. The molecule has 0 atom stereocenters. The Hall–Kier alpha value is -5.58. The first kappa shape index (κ1) is 23.9. The first-order valence-corrected chi connectivity index (χ1v) is 15.6. The molecule has 10 rings (SSSR count). The lowest BCUT2D eigenvalue weighted by molar-refractivity contribution is 0.669. The fraction of sp³-hybridized carbons (Fsp3) is 0. The van der Waals surface area contributed by atoms with Gasteiger partial charge in [0.1, 0.15) is 22.3 Å². The third-order valence-corrected chi connectivity index (χ3v) is 9.95. The lowest BCUT2D eigenvalue weighted by Crippen LogP contribution is -2.09. The number of nitrogens with zero attached hydrogens (tertiary/aromatic N) is 1. The fourth-order valence-electron chi connectivity index (χ4n) is 6.87. The van der Waals surface area contributed by atoms with Crippen LogP contribution in [0.3, 0.4) is 0 Å². The molecule has 0 aliphatic heterocycles. The number of para-hydroxylation sites is 2. The van der Waals surface area contributed by atoms with Gasteiger partial charge in [-0.1, -0.05) is 72.8 Å². The number of benzene rings is 7. The molecule has 0 fully saturated rings. The lowest BCUT2D eigenvalue weighted by atomic mass is 10.0. The zero-order valence-electron chi connectivity index (χ0n) is 23.5. The van der Waals surface area contributed by atoms with Gasteiger partial charge in [-0.05, 0) is 77.5 Å². The van der Waals surface area contributed by atoms with Gasteiger partial charge >= 0.3 is 0 Å². The van der Waals surface area contributed by atoms with E-state index in [0.717, 1.165) is 50.2 Å². The maximum atomic E-state index is 6.61. The molecule has 4 heteroatoms. The largest absolute Gasteiger partial charge is 0.456 e. The first-order valence-electron chi connectivity index (χ1n) is 14.8. The summed E-state index contributed by atoms with van der Waals surface area (Å²) in [5.41, 5.74) is 6.99.